The predicted molar refractivity (Wildman–Crippen MR) is 101 cm³/mol. The van der Waals surface area contributed by atoms with Crippen LogP contribution in [0, 0.1) is 5.82 Å². The van der Waals surface area contributed by atoms with Gasteiger partial charge in [-0.2, -0.15) is 0 Å². The van der Waals surface area contributed by atoms with Gasteiger partial charge in [0.05, 0.1) is 4.90 Å². The van der Waals surface area contributed by atoms with Crippen LogP contribution >= 0.6 is 0 Å². The van der Waals surface area contributed by atoms with Crippen molar-refractivity contribution in [3.05, 3.63) is 65.0 Å². The Morgan fingerprint density at radius 3 is 2.44 bits per heavy atom. The lowest BCUT2D eigenvalue weighted by Crippen LogP contribution is -2.23. The van der Waals surface area contributed by atoms with Gasteiger partial charge >= 0.3 is 0 Å². The average molecular weight is 386 g/mol. The summed E-state index contributed by atoms with van der Waals surface area (Å²) >= 11 is 0. The summed E-state index contributed by atoms with van der Waals surface area (Å²) in [6.45, 7) is 0.0603. The number of hydrogen-bond donors (Lipinski definition) is 2. The van der Waals surface area contributed by atoms with Crippen molar-refractivity contribution in [3.8, 4) is 0 Å². The summed E-state index contributed by atoms with van der Waals surface area (Å²) in [6.07, 6.45) is 3.86. The molecule has 7 heteroatoms. The van der Waals surface area contributed by atoms with Crippen molar-refractivity contribution >= 4 is 27.2 Å². The average Bonchev–Trinajstić information content (AvgIpc) is 3.27. The minimum Gasteiger partial charge on any atom is -0.321 e. The van der Waals surface area contributed by atoms with Gasteiger partial charge in [0.2, 0.25) is 10.0 Å². The van der Waals surface area contributed by atoms with E-state index in [2.05, 4.69) is 10.0 Å². The Hall–Kier alpha value is -2.51. The molecule has 4 rings (SSSR count). The van der Waals surface area contributed by atoms with Crippen LogP contribution in [-0.4, -0.2) is 14.3 Å². The Bertz CT molecular complexity index is 1040. The molecule has 0 atom stereocenters. The van der Waals surface area contributed by atoms with Crippen LogP contribution in [-0.2, 0) is 21.4 Å². The van der Waals surface area contributed by atoms with Crippen molar-refractivity contribution in [2.24, 2.45) is 0 Å². The van der Waals surface area contributed by atoms with Crippen molar-refractivity contribution in [2.45, 2.75) is 37.1 Å². The van der Waals surface area contributed by atoms with Crippen molar-refractivity contribution < 1.29 is 17.6 Å². The number of sulfonamides is 1. The summed E-state index contributed by atoms with van der Waals surface area (Å²) < 4.78 is 40.8. The number of nitrogens with one attached hydrogen (secondary N) is 2. The van der Waals surface area contributed by atoms with Crippen LogP contribution in [0.1, 0.15) is 36.8 Å². The van der Waals surface area contributed by atoms with Crippen molar-refractivity contribution in [2.75, 3.05) is 5.32 Å². The van der Waals surface area contributed by atoms with Crippen LogP contribution in [0.2, 0.25) is 0 Å². The van der Waals surface area contributed by atoms with E-state index in [0.29, 0.717) is 22.4 Å². The van der Waals surface area contributed by atoms with Crippen molar-refractivity contribution in [3.63, 3.8) is 0 Å². The monoisotopic (exact) mass is 386 g/mol. The third-order valence-electron chi connectivity index (χ3n) is 4.99. The summed E-state index contributed by atoms with van der Waals surface area (Å²) in [7, 11) is -3.76. The van der Waals surface area contributed by atoms with Gasteiger partial charge in [-0.3, -0.25) is 4.79 Å². The first kappa shape index (κ1) is 17.9. The standard InChI is InChI=1S/C20H19FN2O3S/c21-15-7-5-13(6-8-15)12-22-27(25,26)16-9-10-18-17(11-16)19(20(24)23-18)14-3-1-2-4-14/h5-11,22H,1-4,12H2,(H,23,24). The highest BCUT2D eigenvalue weighted by atomic mass is 32.2. The highest BCUT2D eigenvalue weighted by molar-refractivity contribution is 7.89. The van der Waals surface area contributed by atoms with Gasteiger partial charge in [-0.15, -0.1) is 0 Å². The van der Waals surface area contributed by atoms with E-state index >= 15 is 0 Å². The largest absolute Gasteiger partial charge is 0.321 e. The topological polar surface area (TPSA) is 75.3 Å². The van der Waals surface area contributed by atoms with Gasteiger partial charge < -0.3 is 5.32 Å². The van der Waals surface area contributed by atoms with Gasteiger partial charge in [-0.25, -0.2) is 17.5 Å². The molecule has 1 heterocycles. The number of anilines is 1. The Balaban J connectivity index is 1.62. The SMILES string of the molecule is O=C1Nc2ccc(S(=O)(=O)NCc3ccc(F)cc3)cc2C1=C1CCCC1. The molecule has 1 saturated carbocycles. The number of fused-ring (bicyclic) bond motifs is 1. The van der Waals surface area contributed by atoms with Gasteiger partial charge in [0.1, 0.15) is 5.82 Å². The molecule has 0 spiro atoms. The highest BCUT2D eigenvalue weighted by Crippen LogP contribution is 2.40. The maximum absolute atomic E-state index is 13.0. The van der Waals surface area contributed by atoms with Crippen LogP contribution in [0.25, 0.3) is 5.57 Å². The first-order chi connectivity index (χ1) is 12.9. The molecule has 27 heavy (non-hydrogen) atoms. The van der Waals surface area contributed by atoms with E-state index in [-0.39, 0.29) is 23.2 Å². The number of carbonyl (C=O) groups is 1. The molecule has 0 bridgehead atoms. The minimum atomic E-state index is -3.76. The number of rotatable bonds is 4. The summed E-state index contributed by atoms with van der Waals surface area (Å²) in [5.41, 5.74) is 3.68. The second-order valence-corrected chi connectivity index (χ2v) is 8.57. The quantitative estimate of drug-likeness (QED) is 0.789. The third-order valence-corrected chi connectivity index (χ3v) is 6.39. The zero-order chi connectivity index (χ0) is 19.0. The van der Waals surface area contributed by atoms with Crippen LogP contribution in [0.4, 0.5) is 10.1 Å². The number of benzene rings is 2. The number of allylic oxidation sites excluding steroid dienone is 1. The molecule has 2 aromatic rings. The van der Waals surface area contributed by atoms with Gasteiger partial charge in [0.15, 0.2) is 0 Å². The predicted octanol–water partition coefficient (Wildman–Crippen LogP) is 3.58. The first-order valence-corrected chi connectivity index (χ1v) is 10.3. The molecule has 0 unspecified atom stereocenters. The van der Waals surface area contributed by atoms with E-state index in [1.165, 1.54) is 30.3 Å². The molecular weight excluding hydrogens is 367 g/mol. The van der Waals surface area contributed by atoms with Crippen molar-refractivity contribution in [1.29, 1.82) is 0 Å². The molecular formula is C20H19FN2O3S. The summed E-state index contributed by atoms with van der Waals surface area (Å²) in [6, 6.07) is 10.3. The van der Waals surface area contributed by atoms with Gasteiger partial charge in [-0.05, 0) is 61.6 Å². The van der Waals surface area contributed by atoms with Crippen LogP contribution in [0.5, 0.6) is 0 Å². The second-order valence-electron chi connectivity index (χ2n) is 6.80. The Kier molecular flexibility index (Phi) is 4.57. The fraction of sp³-hybridized carbons (Fsp3) is 0.250. The highest BCUT2D eigenvalue weighted by Gasteiger charge is 2.30. The summed E-state index contributed by atoms with van der Waals surface area (Å²) in [5, 5.41) is 2.82. The second kappa shape index (κ2) is 6.90. The smallest absolute Gasteiger partial charge is 0.256 e. The maximum atomic E-state index is 13.0. The molecule has 1 amide bonds. The van der Waals surface area contributed by atoms with E-state index in [0.717, 1.165) is 31.3 Å². The van der Waals surface area contributed by atoms with E-state index in [1.807, 2.05) is 0 Å². The van der Waals surface area contributed by atoms with Gasteiger partial charge in [0, 0.05) is 23.4 Å². The fourth-order valence-corrected chi connectivity index (χ4v) is 4.62. The maximum Gasteiger partial charge on any atom is 0.256 e. The molecule has 0 radical (unpaired) electrons. The van der Waals surface area contributed by atoms with Crippen LogP contribution in [0.15, 0.2) is 52.9 Å². The summed E-state index contributed by atoms with van der Waals surface area (Å²) in [4.78, 5) is 12.5. The molecule has 140 valence electrons. The van der Waals surface area contributed by atoms with E-state index in [9.17, 15) is 17.6 Å². The van der Waals surface area contributed by atoms with Crippen molar-refractivity contribution in [1.82, 2.24) is 4.72 Å². The van der Waals surface area contributed by atoms with E-state index in [4.69, 9.17) is 0 Å². The fourth-order valence-electron chi connectivity index (χ4n) is 3.58. The zero-order valence-electron chi connectivity index (χ0n) is 14.6. The molecule has 1 aliphatic carbocycles. The number of amides is 1. The molecule has 1 aliphatic heterocycles. The number of halogens is 1. The lowest BCUT2D eigenvalue weighted by atomic mass is 10.00. The zero-order valence-corrected chi connectivity index (χ0v) is 15.4. The lowest BCUT2D eigenvalue weighted by molar-refractivity contribution is -0.110. The Morgan fingerprint density at radius 1 is 1.04 bits per heavy atom. The first-order valence-electron chi connectivity index (χ1n) is 8.86. The number of hydrogen-bond acceptors (Lipinski definition) is 3. The van der Waals surface area contributed by atoms with Crippen LogP contribution < -0.4 is 10.0 Å². The van der Waals surface area contributed by atoms with Crippen LogP contribution in [0.3, 0.4) is 0 Å². The molecule has 0 aromatic heterocycles. The molecule has 0 saturated heterocycles. The minimum absolute atomic E-state index is 0.0603. The molecule has 5 nitrogen and oxygen atoms in total. The molecule has 2 aromatic carbocycles. The lowest BCUT2D eigenvalue weighted by Gasteiger charge is -2.09. The Labute approximate surface area is 157 Å². The van der Waals surface area contributed by atoms with Gasteiger partial charge in [0.25, 0.3) is 5.91 Å². The number of carbonyl (C=O) groups excluding carboxylic acids is 1. The third kappa shape index (κ3) is 3.52. The van der Waals surface area contributed by atoms with E-state index < -0.39 is 10.0 Å². The molecule has 2 N–H and O–H groups in total. The molecule has 2 aliphatic rings. The van der Waals surface area contributed by atoms with Gasteiger partial charge in [-0.1, -0.05) is 17.7 Å². The normalized spacial score (nSPS) is 16.6. The summed E-state index contributed by atoms with van der Waals surface area (Å²) in [5.74, 6) is -0.527. The molecule has 1 fully saturated rings. The Morgan fingerprint density at radius 2 is 1.74 bits per heavy atom. The van der Waals surface area contributed by atoms with E-state index in [1.54, 1.807) is 12.1 Å².